The third-order valence-electron chi connectivity index (χ3n) is 5.90. The van der Waals surface area contributed by atoms with Crippen LogP contribution in [0.3, 0.4) is 0 Å². The number of carbonyl (C=O) groups is 2. The van der Waals surface area contributed by atoms with Crippen LogP contribution in [0.5, 0.6) is 0 Å². The van der Waals surface area contributed by atoms with Crippen LogP contribution in [0.25, 0.3) is 10.9 Å². The van der Waals surface area contributed by atoms with Crippen molar-refractivity contribution >= 4 is 33.8 Å². The first-order chi connectivity index (χ1) is 16.2. The molecule has 35 heavy (non-hydrogen) atoms. The van der Waals surface area contributed by atoms with Gasteiger partial charge in [-0.25, -0.2) is 0 Å². The molecule has 0 saturated carbocycles. The van der Waals surface area contributed by atoms with Gasteiger partial charge in [0, 0.05) is 28.8 Å². The summed E-state index contributed by atoms with van der Waals surface area (Å²) in [7, 11) is 0. The van der Waals surface area contributed by atoms with Crippen LogP contribution in [-0.4, -0.2) is 16.1 Å². The first kappa shape index (κ1) is 25.2. The van der Waals surface area contributed by atoms with Crippen molar-refractivity contribution in [3.05, 3.63) is 69.9 Å². The summed E-state index contributed by atoms with van der Waals surface area (Å²) in [6.07, 6.45) is -9.40. The highest BCUT2D eigenvalue weighted by atomic mass is 32.2. The molecule has 1 aromatic heterocycles. The summed E-state index contributed by atoms with van der Waals surface area (Å²) in [6, 6.07) is 5.99. The number of thioether (sulfide) groups is 1. The second-order valence-electron chi connectivity index (χ2n) is 8.69. The van der Waals surface area contributed by atoms with Gasteiger partial charge in [0.2, 0.25) is 5.91 Å². The van der Waals surface area contributed by atoms with E-state index in [1.54, 1.807) is 18.3 Å². The molecule has 1 aliphatic rings. The Hall–Kier alpha value is -2.95. The molecule has 1 saturated heterocycles. The zero-order valence-corrected chi connectivity index (χ0v) is 19.3. The number of aromatic nitrogens is 1. The molecule has 2 amide bonds. The maximum absolute atomic E-state index is 14.1. The maximum atomic E-state index is 14.1. The van der Waals surface area contributed by atoms with E-state index in [1.807, 2.05) is 19.2 Å². The number of halogens is 6. The van der Waals surface area contributed by atoms with E-state index in [4.69, 9.17) is 0 Å². The van der Waals surface area contributed by atoms with Gasteiger partial charge in [-0.15, -0.1) is 0 Å². The van der Waals surface area contributed by atoms with E-state index in [-0.39, 0.29) is 11.5 Å². The van der Waals surface area contributed by atoms with Gasteiger partial charge in [0.1, 0.15) is 0 Å². The molecule has 4 rings (SSSR count). The Balaban J connectivity index is 1.87. The van der Waals surface area contributed by atoms with Crippen LogP contribution < -0.4 is 5.32 Å². The molecule has 4 nitrogen and oxygen atoms in total. The summed E-state index contributed by atoms with van der Waals surface area (Å²) in [5, 5.41) is 0.735. The fraction of sp³-hybridized carbons (Fsp3) is 0.333. The van der Waals surface area contributed by atoms with Crippen molar-refractivity contribution in [3.8, 4) is 0 Å². The molecule has 1 aliphatic heterocycles. The summed E-state index contributed by atoms with van der Waals surface area (Å²) in [5.41, 5.74) is -2.20. The summed E-state index contributed by atoms with van der Waals surface area (Å²) >= 11 is 0.489. The third kappa shape index (κ3) is 5.19. The van der Waals surface area contributed by atoms with E-state index in [2.05, 4.69) is 4.98 Å². The zero-order valence-electron chi connectivity index (χ0n) is 18.5. The van der Waals surface area contributed by atoms with Crippen molar-refractivity contribution in [3.63, 3.8) is 0 Å². The van der Waals surface area contributed by atoms with Crippen molar-refractivity contribution < 1.29 is 35.9 Å². The van der Waals surface area contributed by atoms with Gasteiger partial charge < -0.3 is 4.98 Å². The number of aromatic amines is 1. The average Bonchev–Trinajstić information content (AvgIpc) is 3.15. The summed E-state index contributed by atoms with van der Waals surface area (Å²) < 4.78 is 84.4. The lowest BCUT2D eigenvalue weighted by atomic mass is 9.89. The van der Waals surface area contributed by atoms with E-state index >= 15 is 0 Å². The van der Waals surface area contributed by atoms with Crippen LogP contribution in [-0.2, 0) is 23.6 Å². The summed E-state index contributed by atoms with van der Waals surface area (Å²) in [5.74, 6) is -0.659. The Labute approximate surface area is 200 Å². The van der Waals surface area contributed by atoms with Gasteiger partial charge in [-0.1, -0.05) is 31.7 Å². The molecule has 0 radical (unpaired) electrons. The predicted molar refractivity (Wildman–Crippen MR) is 120 cm³/mol. The highest BCUT2D eigenvalue weighted by molar-refractivity contribution is 8.13. The quantitative estimate of drug-likeness (QED) is 0.358. The van der Waals surface area contributed by atoms with Crippen LogP contribution in [0.4, 0.5) is 31.1 Å². The third-order valence-corrected chi connectivity index (χ3v) is 6.94. The van der Waals surface area contributed by atoms with Crippen molar-refractivity contribution in [2.75, 3.05) is 0 Å². The van der Waals surface area contributed by atoms with E-state index in [0.29, 0.717) is 29.5 Å². The number of alkyl halides is 6. The second-order valence-corrected chi connectivity index (χ2v) is 9.87. The number of rotatable bonds is 4. The van der Waals surface area contributed by atoms with Crippen molar-refractivity contribution in [2.24, 2.45) is 0 Å². The number of amides is 2. The Morgan fingerprint density at radius 2 is 1.63 bits per heavy atom. The summed E-state index contributed by atoms with van der Waals surface area (Å²) in [4.78, 5) is 26.4. The lowest BCUT2D eigenvalue weighted by Crippen LogP contribution is -2.33. The number of benzene rings is 2. The van der Waals surface area contributed by atoms with Gasteiger partial charge in [-0.05, 0) is 58.9 Å². The van der Waals surface area contributed by atoms with Crippen molar-refractivity contribution in [2.45, 2.75) is 50.2 Å². The largest absolute Gasteiger partial charge is 0.416 e. The molecule has 1 unspecified atom stereocenters. The van der Waals surface area contributed by atoms with Gasteiger partial charge in [-0.3, -0.25) is 14.9 Å². The molecular weight excluding hydrogens is 494 g/mol. The maximum Gasteiger partial charge on any atom is 0.416 e. The molecule has 2 N–H and O–H groups in total. The number of hydrogen-bond donors (Lipinski definition) is 2. The topological polar surface area (TPSA) is 62.0 Å². The van der Waals surface area contributed by atoms with E-state index in [9.17, 15) is 35.9 Å². The number of fused-ring (bicyclic) bond motifs is 1. The monoisotopic (exact) mass is 514 g/mol. The molecule has 1 fully saturated rings. The molecule has 2 heterocycles. The zero-order chi connectivity index (χ0) is 25.7. The smallest absolute Gasteiger partial charge is 0.361 e. The minimum Gasteiger partial charge on any atom is -0.361 e. The van der Waals surface area contributed by atoms with Crippen LogP contribution in [0.1, 0.15) is 64.8 Å². The first-order valence-corrected chi connectivity index (χ1v) is 11.5. The Kier molecular flexibility index (Phi) is 6.41. The van der Waals surface area contributed by atoms with Gasteiger partial charge in [0.15, 0.2) is 0 Å². The minimum atomic E-state index is -5.09. The molecule has 186 valence electrons. The normalized spacial score (nSPS) is 17.3. The lowest BCUT2D eigenvalue weighted by molar-refractivity contribution is -0.144. The van der Waals surface area contributed by atoms with Crippen LogP contribution in [0.15, 0.2) is 36.5 Å². The van der Waals surface area contributed by atoms with Gasteiger partial charge in [0.25, 0.3) is 5.24 Å². The highest BCUT2D eigenvalue weighted by Gasteiger charge is 2.42. The number of H-pyrrole nitrogens is 1. The first-order valence-electron chi connectivity index (χ1n) is 10.7. The average molecular weight is 514 g/mol. The molecule has 3 aromatic rings. The van der Waals surface area contributed by atoms with E-state index < -0.39 is 58.3 Å². The fourth-order valence-corrected chi connectivity index (χ4v) is 5.22. The predicted octanol–water partition coefficient (Wildman–Crippen LogP) is 7.33. The van der Waals surface area contributed by atoms with Gasteiger partial charge in [-0.2, -0.15) is 26.3 Å². The van der Waals surface area contributed by atoms with Crippen molar-refractivity contribution in [1.82, 2.24) is 10.3 Å². The molecule has 2 aromatic carbocycles. The molecule has 0 aliphatic carbocycles. The highest BCUT2D eigenvalue weighted by Crippen LogP contribution is 2.45. The molecule has 1 atom stereocenters. The van der Waals surface area contributed by atoms with Gasteiger partial charge in [0.05, 0.1) is 11.1 Å². The van der Waals surface area contributed by atoms with E-state index in [1.165, 1.54) is 6.07 Å². The molecule has 0 spiro atoms. The Morgan fingerprint density at radius 1 is 1.00 bits per heavy atom. The number of imide groups is 1. The van der Waals surface area contributed by atoms with Crippen molar-refractivity contribution in [1.29, 1.82) is 0 Å². The molecule has 0 bridgehead atoms. The van der Waals surface area contributed by atoms with Gasteiger partial charge >= 0.3 is 12.4 Å². The lowest BCUT2D eigenvalue weighted by Gasteiger charge is -2.25. The fourth-order valence-electron chi connectivity index (χ4n) is 4.28. The van der Waals surface area contributed by atoms with E-state index in [0.717, 1.165) is 16.5 Å². The SMILES string of the molecule is CC(C)c1c[nH]c2ccc(Cc3c(C(F)(F)F)cc(C4CC(=O)NC(=O)S4)cc3C(F)(F)F)cc12. The number of nitrogens with one attached hydrogen (secondary N) is 2. The second kappa shape index (κ2) is 8.92. The Morgan fingerprint density at radius 3 is 2.17 bits per heavy atom. The van der Waals surface area contributed by atoms with Crippen LogP contribution in [0, 0.1) is 0 Å². The minimum absolute atomic E-state index is 0.0997. The van der Waals surface area contributed by atoms with Crippen LogP contribution >= 0.6 is 11.8 Å². The Bertz CT molecular complexity index is 1260. The number of hydrogen-bond acceptors (Lipinski definition) is 3. The van der Waals surface area contributed by atoms with Crippen LogP contribution in [0.2, 0.25) is 0 Å². The molecule has 11 heteroatoms. The standard InChI is InChI=1S/C24H20F6N2O2S/c1-11(2)16-10-31-19-4-3-12(5-14(16)19)6-15-17(23(25,26)27)7-13(8-18(15)24(28,29)30)20-9-21(33)32-22(34)35-20/h3-5,7-8,10-11,20,31H,6,9H2,1-2H3,(H,32,33,34). The number of carbonyl (C=O) groups excluding carboxylic acids is 2. The summed E-state index contributed by atoms with van der Waals surface area (Å²) in [6.45, 7) is 3.87. The molecular formula is C24H20F6N2O2S.